The van der Waals surface area contributed by atoms with Crippen molar-refractivity contribution in [3.63, 3.8) is 0 Å². The molecule has 1 aromatic heterocycles. The average molecular weight is 541 g/mol. The van der Waals surface area contributed by atoms with Crippen LogP contribution in [0.2, 0.25) is 0 Å². The summed E-state index contributed by atoms with van der Waals surface area (Å²) in [5.74, 6) is 0.916. The lowest BCUT2D eigenvalue weighted by Crippen LogP contribution is -2.42. The van der Waals surface area contributed by atoms with Gasteiger partial charge in [-0.05, 0) is 77.2 Å². The number of nitrogens with one attached hydrogen (secondary N) is 3. The largest absolute Gasteiger partial charge is 0.489 e. The van der Waals surface area contributed by atoms with Crippen LogP contribution in [0.4, 0.5) is 34.5 Å². The van der Waals surface area contributed by atoms with Crippen molar-refractivity contribution in [3.05, 3.63) is 66.9 Å². The molecule has 4 rings (SSSR count). The van der Waals surface area contributed by atoms with Gasteiger partial charge in [-0.25, -0.2) is 4.98 Å². The Labute approximate surface area is 235 Å². The molecule has 1 amide bonds. The molecule has 1 saturated heterocycles. The van der Waals surface area contributed by atoms with Crippen LogP contribution in [0.1, 0.15) is 32.3 Å². The van der Waals surface area contributed by atoms with Crippen LogP contribution in [0, 0.1) is 11.3 Å². The highest BCUT2D eigenvalue weighted by Crippen LogP contribution is 2.33. The van der Waals surface area contributed by atoms with Crippen molar-refractivity contribution in [1.82, 2.24) is 14.9 Å². The Morgan fingerprint density at radius 2 is 1.90 bits per heavy atom. The van der Waals surface area contributed by atoms with E-state index in [1.165, 1.54) is 12.3 Å². The van der Waals surface area contributed by atoms with E-state index in [1.54, 1.807) is 0 Å². The van der Waals surface area contributed by atoms with Gasteiger partial charge >= 0.3 is 0 Å². The summed E-state index contributed by atoms with van der Waals surface area (Å²) in [6, 6.07) is 16.0. The number of nitriles is 1. The molecule has 3 N–H and O–H groups in total. The highest BCUT2D eigenvalue weighted by atomic mass is 16.5. The Morgan fingerprint density at radius 3 is 2.58 bits per heavy atom. The van der Waals surface area contributed by atoms with Crippen LogP contribution < -0.4 is 25.6 Å². The number of para-hydroxylation sites is 2. The van der Waals surface area contributed by atoms with Crippen molar-refractivity contribution in [2.24, 2.45) is 0 Å². The number of carbonyl (C=O) groups is 1. The van der Waals surface area contributed by atoms with Gasteiger partial charge in [-0.2, -0.15) is 10.2 Å². The smallest absolute Gasteiger partial charge is 0.247 e. The van der Waals surface area contributed by atoms with Crippen LogP contribution in [-0.4, -0.2) is 60.1 Å². The first kappa shape index (κ1) is 28.4. The average Bonchev–Trinajstić information content (AvgIpc) is 2.95. The summed E-state index contributed by atoms with van der Waals surface area (Å²) >= 11 is 0. The topological polar surface area (TPSA) is 118 Å². The van der Waals surface area contributed by atoms with E-state index in [1.807, 2.05) is 56.3 Å². The number of rotatable bonds is 10. The molecule has 0 radical (unpaired) electrons. The number of hydrogen-bond acceptors (Lipinski definition) is 9. The fourth-order valence-corrected chi connectivity index (χ4v) is 4.56. The second-order valence-electron chi connectivity index (χ2n) is 10.1. The number of nitrogens with zero attached hydrogens (tertiary/aromatic N) is 5. The maximum atomic E-state index is 12.3. The van der Waals surface area contributed by atoms with Crippen LogP contribution in [0.25, 0.3) is 0 Å². The number of piperidine rings is 1. The van der Waals surface area contributed by atoms with E-state index in [9.17, 15) is 10.1 Å². The molecule has 0 unspecified atom stereocenters. The molecule has 40 heavy (non-hydrogen) atoms. The minimum Gasteiger partial charge on any atom is -0.489 e. The molecular formula is C30H36N8O2. The van der Waals surface area contributed by atoms with Crippen molar-refractivity contribution >= 4 is 40.4 Å². The molecule has 1 aliphatic heterocycles. The molecule has 3 aromatic rings. The summed E-state index contributed by atoms with van der Waals surface area (Å²) in [4.78, 5) is 25.8. The van der Waals surface area contributed by atoms with Crippen LogP contribution in [0.15, 0.2) is 61.3 Å². The standard InChI is InChI=1S/C30H36N8O2/c1-6-28(39)33-26-17-23(38-15-13-22(14-16-38)37(4)5)11-12-24(26)35-30-32-19-21(18-31)29(36-30)34-25-9-7-8-10-27(25)40-20(2)3/h6-12,17,19-20,22H,1,13-16H2,2-5H3,(H,33,39)(H2,32,34,35,36). The van der Waals surface area contributed by atoms with Crippen molar-refractivity contribution < 1.29 is 9.53 Å². The third-order valence-electron chi connectivity index (χ3n) is 6.66. The number of aromatic nitrogens is 2. The van der Waals surface area contributed by atoms with Crippen LogP contribution in [0.3, 0.4) is 0 Å². The first-order chi connectivity index (χ1) is 19.3. The molecule has 2 aromatic carbocycles. The van der Waals surface area contributed by atoms with Gasteiger partial charge in [0.2, 0.25) is 11.9 Å². The summed E-state index contributed by atoms with van der Waals surface area (Å²) in [6.45, 7) is 9.34. The number of anilines is 6. The van der Waals surface area contributed by atoms with Crippen molar-refractivity contribution in [1.29, 1.82) is 5.26 Å². The highest BCUT2D eigenvalue weighted by Gasteiger charge is 2.22. The quantitative estimate of drug-likeness (QED) is 0.295. The van der Waals surface area contributed by atoms with E-state index < -0.39 is 0 Å². The van der Waals surface area contributed by atoms with Gasteiger partial charge in [0.25, 0.3) is 0 Å². The Balaban J connectivity index is 1.60. The molecule has 0 saturated carbocycles. The second-order valence-corrected chi connectivity index (χ2v) is 10.1. The predicted octanol–water partition coefficient (Wildman–Crippen LogP) is 5.28. The summed E-state index contributed by atoms with van der Waals surface area (Å²) < 4.78 is 5.90. The zero-order chi connectivity index (χ0) is 28.6. The van der Waals surface area contributed by atoms with E-state index in [4.69, 9.17) is 4.74 Å². The Bertz CT molecular complexity index is 1390. The summed E-state index contributed by atoms with van der Waals surface area (Å²) in [5, 5.41) is 19.0. The second kappa shape index (κ2) is 13.0. The molecule has 0 aliphatic carbocycles. The van der Waals surface area contributed by atoms with Crippen molar-refractivity contribution in [3.8, 4) is 11.8 Å². The monoisotopic (exact) mass is 540 g/mol. The normalized spacial score (nSPS) is 13.6. The number of benzene rings is 2. The molecule has 10 nitrogen and oxygen atoms in total. The number of ether oxygens (including phenoxy) is 1. The predicted molar refractivity (Wildman–Crippen MR) is 160 cm³/mol. The van der Waals surface area contributed by atoms with Gasteiger partial charge in [0.15, 0.2) is 5.82 Å². The zero-order valence-electron chi connectivity index (χ0n) is 23.4. The van der Waals surface area contributed by atoms with E-state index in [0.29, 0.717) is 34.7 Å². The maximum Gasteiger partial charge on any atom is 0.247 e. The molecular weight excluding hydrogens is 504 g/mol. The maximum absolute atomic E-state index is 12.3. The summed E-state index contributed by atoms with van der Waals surface area (Å²) in [6.07, 6.45) is 4.81. The van der Waals surface area contributed by atoms with Crippen LogP contribution in [-0.2, 0) is 4.79 Å². The van der Waals surface area contributed by atoms with Crippen molar-refractivity contribution in [2.45, 2.75) is 38.8 Å². The van der Waals surface area contributed by atoms with Crippen LogP contribution in [0.5, 0.6) is 5.75 Å². The first-order valence-corrected chi connectivity index (χ1v) is 13.3. The van der Waals surface area contributed by atoms with Gasteiger partial charge in [-0.3, -0.25) is 4.79 Å². The molecule has 0 bridgehead atoms. The van der Waals surface area contributed by atoms with Crippen molar-refractivity contribution in [2.75, 3.05) is 48.0 Å². The lowest BCUT2D eigenvalue weighted by atomic mass is 10.0. The van der Waals surface area contributed by atoms with Gasteiger partial charge in [0.05, 0.1) is 29.4 Å². The summed E-state index contributed by atoms with van der Waals surface area (Å²) in [7, 11) is 4.24. The molecule has 0 spiro atoms. The van der Waals surface area contributed by atoms with E-state index in [0.717, 1.165) is 31.6 Å². The molecule has 1 fully saturated rings. The van der Waals surface area contributed by atoms with Gasteiger partial charge in [-0.15, -0.1) is 0 Å². The minimum absolute atomic E-state index is 0.0208. The summed E-state index contributed by atoms with van der Waals surface area (Å²) in [5.41, 5.74) is 3.17. The zero-order valence-corrected chi connectivity index (χ0v) is 23.4. The van der Waals surface area contributed by atoms with Gasteiger partial charge < -0.3 is 30.5 Å². The molecule has 10 heteroatoms. The Morgan fingerprint density at radius 1 is 1.15 bits per heavy atom. The van der Waals surface area contributed by atoms with E-state index in [2.05, 4.69) is 62.5 Å². The van der Waals surface area contributed by atoms with E-state index >= 15 is 0 Å². The Hall–Kier alpha value is -4.62. The fourth-order valence-electron chi connectivity index (χ4n) is 4.56. The molecule has 208 valence electrons. The SMILES string of the molecule is C=CC(=O)Nc1cc(N2CCC(N(C)C)CC2)ccc1Nc1ncc(C#N)c(Nc2ccccc2OC(C)C)n1. The lowest BCUT2D eigenvalue weighted by molar-refractivity contribution is -0.111. The lowest BCUT2D eigenvalue weighted by Gasteiger charge is -2.36. The van der Waals surface area contributed by atoms with E-state index in [-0.39, 0.29) is 23.5 Å². The first-order valence-electron chi connectivity index (χ1n) is 13.3. The van der Waals surface area contributed by atoms with Gasteiger partial charge in [-0.1, -0.05) is 18.7 Å². The molecule has 1 aliphatic rings. The molecule has 0 atom stereocenters. The number of carbonyl (C=O) groups excluding carboxylic acids is 1. The van der Waals surface area contributed by atoms with Gasteiger partial charge in [0.1, 0.15) is 17.4 Å². The van der Waals surface area contributed by atoms with Crippen LogP contribution >= 0.6 is 0 Å². The highest BCUT2D eigenvalue weighted by molar-refractivity contribution is 6.02. The number of amides is 1. The Kier molecular flexibility index (Phi) is 9.19. The third-order valence-corrected chi connectivity index (χ3v) is 6.66. The van der Waals surface area contributed by atoms with Gasteiger partial charge in [0, 0.05) is 24.8 Å². The minimum atomic E-state index is -0.323. The fraction of sp³-hybridized carbons (Fsp3) is 0.333. The molecule has 2 heterocycles. The third kappa shape index (κ3) is 7.07. The number of hydrogen-bond donors (Lipinski definition) is 3.